The summed E-state index contributed by atoms with van der Waals surface area (Å²) in [6.45, 7) is 5.89. The molecule has 0 aromatic carbocycles. The van der Waals surface area contributed by atoms with Gasteiger partial charge in [-0.25, -0.2) is 0 Å². The molecule has 2 rings (SSSR count). The average Bonchev–Trinajstić information content (AvgIpc) is 2.30. The Morgan fingerprint density at radius 2 is 2.20 bits per heavy atom. The molecule has 2 aliphatic rings. The Bertz CT molecular complexity index is 209. The summed E-state index contributed by atoms with van der Waals surface area (Å²) in [6, 6.07) is 0. The number of nitrogens with zero attached hydrogens (tertiary/aromatic N) is 1. The van der Waals surface area contributed by atoms with Gasteiger partial charge in [0.2, 0.25) is 0 Å². The molecular weight excluding hydrogens is 212 g/mol. The second-order valence-electron chi connectivity index (χ2n) is 4.18. The zero-order chi connectivity index (χ0) is 10.5. The van der Waals surface area contributed by atoms with Crippen molar-refractivity contribution in [2.45, 2.75) is 12.5 Å². The van der Waals surface area contributed by atoms with Crippen molar-refractivity contribution in [1.82, 2.24) is 10.2 Å². The molecule has 1 atom stereocenters. The number of morpholine rings is 1. The van der Waals surface area contributed by atoms with E-state index in [9.17, 15) is 4.21 Å². The molecular formula is C10H20N2O2S. The van der Waals surface area contributed by atoms with Crippen LogP contribution in [-0.4, -0.2) is 66.0 Å². The highest BCUT2D eigenvalue weighted by molar-refractivity contribution is 7.85. The number of hydrogen-bond acceptors (Lipinski definition) is 4. The van der Waals surface area contributed by atoms with Gasteiger partial charge >= 0.3 is 0 Å². The first-order chi connectivity index (χ1) is 7.34. The lowest BCUT2D eigenvalue weighted by molar-refractivity contribution is 0.0179. The molecule has 2 heterocycles. The van der Waals surface area contributed by atoms with Gasteiger partial charge in [0, 0.05) is 55.0 Å². The summed E-state index contributed by atoms with van der Waals surface area (Å²) in [5.74, 6) is 1.70. The highest BCUT2D eigenvalue weighted by atomic mass is 32.2. The molecule has 2 fully saturated rings. The van der Waals surface area contributed by atoms with Gasteiger partial charge in [-0.1, -0.05) is 0 Å². The molecule has 0 aromatic rings. The van der Waals surface area contributed by atoms with Crippen molar-refractivity contribution in [3.05, 3.63) is 0 Å². The Labute approximate surface area is 93.8 Å². The maximum absolute atomic E-state index is 11.2. The predicted molar refractivity (Wildman–Crippen MR) is 61.5 cm³/mol. The lowest BCUT2D eigenvalue weighted by Crippen LogP contribution is -2.43. The maximum Gasteiger partial charge on any atom is 0.0712 e. The minimum atomic E-state index is -0.554. The van der Waals surface area contributed by atoms with E-state index in [0.717, 1.165) is 57.3 Å². The zero-order valence-electron chi connectivity index (χ0n) is 9.11. The van der Waals surface area contributed by atoms with Gasteiger partial charge in [-0.15, -0.1) is 0 Å². The van der Waals surface area contributed by atoms with Crippen LogP contribution in [0.2, 0.25) is 0 Å². The number of nitrogens with one attached hydrogen (secondary N) is 1. The van der Waals surface area contributed by atoms with Crippen molar-refractivity contribution in [1.29, 1.82) is 0 Å². The number of rotatable bonds is 3. The molecule has 0 bridgehead atoms. The summed E-state index contributed by atoms with van der Waals surface area (Å²) in [7, 11) is -0.554. The van der Waals surface area contributed by atoms with E-state index in [-0.39, 0.29) is 0 Å². The third-order valence-corrected chi connectivity index (χ3v) is 4.32. The Kier molecular flexibility index (Phi) is 4.56. The van der Waals surface area contributed by atoms with Crippen LogP contribution in [0.1, 0.15) is 6.42 Å². The van der Waals surface area contributed by atoms with Crippen molar-refractivity contribution < 1.29 is 8.95 Å². The molecule has 4 nitrogen and oxygen atoms in total. The normalized spacial score (nSPS) is 30.5. The van der Waals surface area contributed by atoms with E-state index in [0.29, 0.717) is 6.10 Å². The smallest absolute Gasteiger partial charge is 0.0712 e. The molecule has 0 aliphatic carbocycles. The highest BCUT2D eigenvalue weighted by Gasteiger charge is 2.18. The summed E-state index contributed by atoms with van der Waals surface area (Å²) < 4.78 is 16.8. The lowest BCUT2D eigenvalue weighted by Gasteiger charge is -2.29. The summed E-state index contributed by atoms with van der Waals surface area (Å²) in [4.78, 5) is 2.40. The fraction of sp³-hybridized carbons (Fsp3) is 1.00. The molecule has 0 amide bonds. The molecule has 0 spiro atoms. The van der Waals surface area contributed by atoms with Gasteiger partial charge in [0.1, 0.15) is 0 Å². The summed E-state index contributed by atoms with van der Waals surface area (Å²) in [5.41, 5.74) is 0. The third-order valence-electron chi connectivity index (χ3n) is 3.04. The largest absolute Gasteiger partial charge is 0.376 e. The summed E-state index contributed by atoms with van der Waals surface area (Å²) >= 11 is 0. The molecule has 1 N–H and O–H groups in total. The predicted octanol–water partition coefficient (Wildman–Crippen LogP) is -0.571. The van der Waals surface area contributed by atoms with Crippen LogP contribution in [0.5, 0.6) is 0 Å². The van der Waals surface area contributed by atoms with Gasteiger partial charge in [-0.3, -0.25) is 4.21 Å². The Balaban J connectivity index is 1.62. The van der Waals surface area contributed by atoms with Crippen molar-refractivity contribution in [3.63, 3.8) is 0 Å². The molecule has 1 unspecified atom stereocenters. The highest BCUT2D eigenvalue weighted by Crippen LogP contribution is 2.06. The third kappa shape index (κ3) is 3.83. The minimum Gasteiger partial charge on any atom is -0.376 e. The van der Waals surface area contributed by atoms with Crippen LogP contribution < -0.4 is 5.32 Å². The van der Waals surface area contributed by atoms with E-state index in [1.54, 1.807) is 0 Å². The summed E-state index contributed by atoms with van der Waals surface area (Å²) in [5, 5.41) is 3.34. The van der Waals surface area contributed by atoms with Crippen LogP contribution in [0, 0.1) is 0 Å². The molecule has 0 aromatic heterocycles. The van der Waals surface area contributed by atoms with Gasteiger partial charge < -0.3 is 15.0 Å². The monoisotopic (exact) mass is 232 g/mol. The average molecular weight is 232 g/mol. The van der Waals surface area contributed by atoms with Crippen molar-refractivity contribution in [2.75, 3.05) is 50.8 Å². The van der Waals surface area contributed by atoms with Gasteiger partial charge in [-0.2, -0.15) is 0 Å². The van der Waals surface area contributed by atoms with Gasteiger partial charge in [0.25, 0.3) is 0 Å². The first-order valence-electron chi connectivity index (χ1n) is 5.74. The fourth-order valence-corrected chi connectivity index (χ4v) is 3.16. The first kappa shape index (κ1) is 11.5. The SMILES string of the molecule is O=S1CCN(CCC2CNCCO2)CC1. The van der Waals surface area contributed by atoms with Gasteiger partial charge in [0.05, 0.1) is 12.7 Å². The number of hydrogen-bond donors (Lipinski definition) is 1. The second kappa shape index (κ2) is 5.94. The Morgan fingerprint density at radius 1 is 1.40 bits per heavy atom. The van der Waals surface area contributed by atoms with E-state index in [1.807, 2.05) is 0 Å². The van der Waals surface area contributed by atoms with E-state index in [1.165, 1.54) is 0 Å². The van der Waals surface area contributed by atoms with Gasteiger partial charge in [-0.05, 0) is 6.42 Å². The van der Waals surface area contributed by atoms with Crippen LogP contribution in [0.25, 0.3) is 0 Å². The van der Waals surface area contributed by atoms with E-state index in [4.69, 9.17) is 4.74 Å². The molecule has 15 heavy (non-hydrogen) atoms. The van der Waals surface area contributed by atoms with Crippen molar-refractivity contribution in [3.8, 4) is 0 Å². The van der Waals surface area contributed by atoms with E-state index >= 15 is 0 Å². The second-order valence-corrected chi connectivity index (χ2v) is 5.87. The molecule has 0 radical (unpaired) electrons. The Hall–Kier alpha value is 0.0300. The quantitative estimate of drug-likeness (QED) is 0.707. The summed E-state index contributed by atoms with van der Waals surface area (Å²) in [6.07, 6.45) is 1.48. The Morgan fingerprint density at radius 3 is 2.87 bits per heavy atom. The van der Waals surface area contributed by atoms with Crippen LogP contribution >= 0.6 is 0 Å². The van der Waals surface area contributed by atoms with Crippen LogP contribution in [0.15, 0.2) is 0 Å². The van der Waals surface area contributed by atoms with Crippen molar-refractivity contribution >= 4 is 10.8 Å². The molecule has 2 saturated heterocycles. The molecule has 0 saturated carbocycles. The molecule has 88 valence electrons. The fourth-order valence-electron chi connectivity index (χ4n) is 2.03. The standard InChI is InChI=1S/C10H20N2O2S/c13-15-7-4-12(5-8-15)3-1-10-9-11-2-6-14-10/h10-11H,1-9H2. The van der Waals surface area contributed by atoms with Crippen LogP contribution in [0.3, 0.4) is 0 Å². The van der Waals surface area contributed by atoms with E-state index in [2.05, 4.69) is 10.2 Å². The van der Waals surface area contributed by atoms with Crippen LogP contribution in [-0.2, 0) is 15.5 Å². The first-order valence-corrected chi connectivity index (χ1v) is 7.23. The zero-order valence-corrected chi connectivity index (χ0v) is 9.93. The topological polar surface area (TPSA) is 41.6 Å². The van der Waals surface area contributed by atoms with Gasteiger partial charge in [0.15, 0.2) is 0 Å². The minimum absolute atomic E-state index is 0.381. The lowest BCUT2D eigenvalue weighted by atomic mass is 10.2. The number of ether oxygens (including phenoxy) is 1. The van der Waals surface area contributed by atoms with Crippen molar-refractivity contribution in [2.24, 2.45) is 0 Å². The molecule has 2 aliphatic heterocycles. The maximum atomic E-state index is 11.2. The van der Waals surface area contributed by atoms with E-state index < -0.39 is 10.8 Å². The van der Waals surface area contributed by atoms with Crippen LogP contribution in [0.4, 0.5) is 0 Å². The molecule has 5 heteroatoms.